The van der Waals surface area contributed by atoms with Crippen LogP contribution >= 0.6 is 0 Å². The summed E-state index contributed by atoms with van der Waals surface area (Å²) in [6.45, 7) is 8.60. The summed E-state index contributed by atoms with van der Waals surface area (Å²) in [4.78, 5) is 30.8. The van der Waals surface area contributed by atoms with Crippen molar-refractivity contribution in [2.75, 3.05) is 44.7 Å². The molecule has 1 fully saturated rings. The Morgan fingerprint density at radius 1 is 1.03 bits per heavy atom. The van der Waals surface area contributed by atoms with E-state index in [4.69, 9.17) is 4.74 Å². The number of ether oxygens (including phenoxy) is 1. The minimum Gasteiger partial charge on any atom is -0.497 e. The average Bonchev–Trinajstić information content (AvgIpc) is 2.86. The van der Waals surface area contributed by atoms with Gasteiger partial charge < -0.3 is 19.4 Å². The molecule has 172 valence electrons. The van der Waals surface area contributed by atoms with E-state index in [1.54, 1.807) is 12.0 Å². The van der Waals surface area contributed by atoms with E-state index in [2.05, 4.69) is 15.1 Å². The van der Waals surface area contributed by atoms with E-state index in [0.717, 1.165) is 29.2 Å². The van der Waals surface area contributed by atoms with E-state index in [-0.39, 0.29) is 24.4 Å². The molecule has 1 aromatic carbocycles. The van der Waals surface area contributed by atoms with Gasteiger partial charge in [-0.1, -0.05) is 13.8 Å². The number of carbonyl (C=O) groups is 2. The number of aromatic nitrogens is 2. The number of methoxy groups -OCH3 is 1. The molecule has 1 aromatic heterocycles. The molecule has 1 atom stereocenters. The molecule has 0 saturated carbocycles. The van der Waals surface area contributed by atoms with E-state index in [9.17, 15) is 9.59 Å². The van der Waals surface area contributed by atoms with Gasteiger partial charge in [-0.2, -0.15) is 0 Å². The van der Waals surface area contributed by atoms with Gasteiger partial charge in [-0.3, -0.25) is 9.59 Å². The molecular formula is C24H33N5O3. The molecule has 1 saturated heterocycles. The smallest absolute Gasteiger partial charge is 0.242 e. The largest absolute Gasteiger partial charge is 0.497 e. The van der Waals surface area contributed by atoms with Crippen molar-refractivity contribution < 1.29 is 14.3 Å². The number of benzene rings is 1. The summed E-state index contributed by atoms with van der Waals surface area (Å²) in [5.74, 6) is 1.64. The van der Waals surface area contributed by atoms with Crippen LogP contribution in [0.2, 0.25) is 0 Å². The molecule has 8 heteroatoms. The standard InChI is InChI=1S/C24H33N5O3/c1-5-18(3)29(23(30)6-2)17-24(31)28-15-13-27(14-16-28)22-12-11-21(25-26-22)19-7-9-20(32-4)10-8-19/h7-12,18H,5-6,13-17H2,1-4H3. The van der Waals surface area contributed by atoms with Crippen LogP contribution in [0.3, 0.4) is 0 Å². The molecule has 0 aliphatic carbocycles. The fourth-order valence-electron chi connectivity index (χ4n) is 3.75. The van der Waals surface area contributed by atoms with Crippen molar-refractivity contribution in [3.05, 3.63) is 36.4 Å². The minimum absolute atomic E-state index is 0.00712. The molecule has 0 radical (unpaired) electrons. The summed E-state index contributed by atoms with van der Waals surface area (Å²) in [6.07, 6.45) is 1.24. The van der Waals surface area contributed by atoms with Gasteiger partial charge in [0.1, 0.15) is 5.75 Å². The summed E-state index contributed by atoms with van der Waals surface area (Å²) in [7, 11) is 1.64. The van der Waals surface area contributed by atoms with Crippen LogP contribution in [0.1, 0.15) is 33.6 Å². The van der Waals surface area contributed by atoms with E-state index in [1.165, 1.54) is 0 Å². The van der Waals surface area contributed by atoms with Gasteiger partial charge in [0, 0.05) is 44.2 Å². The topological polar surface area (TPSA) is 78.9 Å². The first-order valence-corrected chi connectivity index (χ1v) is 11.3. The molecule has 1 aliphatic rings. The van der Waals surface area contributed by atoms with Crippen LogP contribution in [0, 0.1) is 0 Å². The maximum absolute atomic E-state index is 12.8. The van der Waals surface area contributed by atoms with Crippen molar-refractivity contribution >= 4 is 17.6 Å². The molecule has 0 N–H and O–H groups in total. The SMILES string of the molecule is CCC(=O)N(CC(=O)N1CCN(c2ccc(-c3ccc(OC)cc3)nn2)CC1)C(C)CC. The highest BCUT2D eigenvalue weighted by Crippen LogP contribution is 2.22. The molecule has 2 amide bonds. The zero-order valence-corrected chi connectivity index (χ0v) is 19.5. The molecule has 0 bridgehead atoms. The second-order valence-electron chi connectivity index (χ2n) is 8.01. The molecule has 2 heterocycles. The summed E-state index contributed by atoms with van der Waals surface area (Å²) in [5.41, 5.74) is 1.78. The van der Waals surface area contributed by atoms with Gasteiger partial charge in [-0.05, 0) is 49.7 Å². The lowest BCUT2D eigenvalue weighted by molar-refractivity contribution is -0.142. The third kappa shape index (κ3) is 5.55. The lowest BCUT2D eigenvalue weighted by Gasteiger charge is -2.37. The number of anilines is 1. The van der Waals surface area contributed by atoms with Crippen LogP contribution in [-0.4, -0.2) is 77.7 Å². The van der Waals surface area contributed by atoms with E-state index >= 15 is 0 Å². The average molecular weight is 440 g/mol. The lowest BCUT2D eigenvalue weighted by Crippen LogP contribution is -2.53. The first kappa shape index (κ1) is 23.5. The summed E-state index contributed by atoms with van der Waals surface area (Å²) in [6, 6.07) is 11.7. The third-order valence-corrected chi connectivity index (χ3v) is 6.04. The fraction of sp³-hybridized carbons (Fsp3) is 0.500. The van der Waals surface area contributed by atoms with Gasteiger partial charge in [-0.15, -0.1) is 10.2 Å². The molecule has 8 nitrogen and oxygen atoms in total. The molecule has 3 rings (SSSR count). The predicted molar refractivity (Wildman–Crippen MR) is 125 cm³/mol. The number of hydrogen-bond acceptors (Lipinski definition) is 6. The second-order valence-corrected chi connectivity index (χ2v) is 8.01. The Bertz CT molecular complexity index is 893. The predicted octanol–water partition coefficient (Wildman–Crippen LogP) is 2.84. The van der Waals surface area contributed by atoms with Gasteiger partial charge in [0.25, 0.3) is 0 Å². The molecule has 1 unspecified atom stereocenters. The van der Waals surface area contributed by atoms with Gasteiger partial charge in [0.15, 0.2) is 5.82 Å². The number of rotatable bonds is 8. The van der Waals surface area contributed by atoms with Crippen LogP contribution in [0.5, 0.6) is 5.75 Å². The number of amides is 2. The van der Waals surface area contributed by atoms with Crippen molar-refractivity contribution in [2.24, 2.45) is 0 Å². The van der Waals surface area contributed by atoms with E-state index in [0.29, 0.717) is 32.6 Å². The Hall–Kier alpha value is -3.16. The lowest BCUT2D eigenvalue weighted by atomic mass is 10.1. The van der Waals surface area contributed by atoms with Crippen molar-refractivity contribution in [2.45, 2.75) is 39.7 Å². The Kier molecular flexibility index (Phi) is 8.03. The number of carbonyl (C=O) groups excluding carboxylic acids is 2. The first-order valence-electron chi connectivity index (χ1n) is 11.3. The molecule has 2 aromatic rings. The molecular weight excluding hydrogens is 406 g/mol. The first-order chi connectivity index (χ1) is 15.5. The maximum Gasteiger partial charge on any atom is 0.242 e. The molecule has 1 aliphatic heterocycles. The van der Waals surface area contributed by atoms with Gasteiger partial charge >= 0.3 is 0 Å². The molecule has 32 heavy (non-hydrogen) atoms. The van der Waals surface area contributed by atoms with Crippen LogP contribution in [0.4, 0.5) is 5.82 Å². The van der Waals surface area contributed by atoms with Crippen molar-refractivity contribution in [1.82, 2.24) is 20.0 Å². The minimum atomic E-state index is 0.00712. The highest BCUT2D eigenvalue weighted by atomic mass is 16.5. The van der Waals surface area contributed by atoms with Crippen LogP contribution in [0.25, 0.3) is 11.3 Å². The fourth-order valence-corrected chi connectivity index (χ4v) is 3.75. The Morgan fingerprint density at radius 2 is 1.72 bits per heavy atom. The Labute approximate surface area is 190 Å². The Morgan fingerprint density at radius 3 is 2.25 bits per heavy atom. The monoisotopic (exact) mass is 439 g/mol. The van der Waals surface area contributed by atoms with Crippen LogP contribution in [0.15, 0.2) is 36.4 Å². The van der Waals surface area contributed by atoms with E-state index < -0.39 is 0 Å². The van der Waals surface area contributed by atoms with Gasteiger partial charge in [-0.25, -0.2) is 0 Å². The highest BCUT2D eigenvalue weighted by molar-refractivity contribution is 5.85. The van der Waals surface area contributed by atoms with Crippen molar-refractivity contribution in [3.8, 4) is 17.0 Å². The van der Waals surface area contributed by atoms with Gasteiger partial charge in [0.05, 0.1) is 19.3 Å². The number of piperazine rings is 1. The zero-order chi connectivity index (χ0) is 23.1. The third-order valence-electron chi connectivity index (χ3n) is 6.04. The van der Waals surface area contributed by atoms with E-state index in [1.807, 2.05) is 62.1 Å². The number of hydrogen-bond donors (Lipinski definition) is 0. The summed E-state index contributed by atoms with van der Waals surface area (Å²) < 4.78 is 5.19. The summed E-state index contributed by atoms with van der Waals surface area (Å²) >= 11 is 0. The highest BCUT2D eigenvalue weighted by Gasteiger charge is 2.26. The zero-order valence-electron chi connectivity index (χ0n) is 19.5. The van der Waals surface area contributed by atoms with Crippen LogP contribution in [-0.2, 0) is 9.59 Å². The Balaban J connectivity index is 1.56. The van der Waals surface area contributed by atoms with Crippen molar-refractivity contribution in [1.29, 1.82) is 0 Å². The van der Waals surface area contributed by atoms with Crippen LogP contribution < -0.4 is 9.64 Å². The maximum atomic E-state index is 12.8. The normalized spacial score (nSPS) is 14.8. The summed E-state index contributed by atoms with van der Waals surface area (Å²) in [5, 5.41) is 8.77. The quantitative estimate of drug-likeness (QED) is 0.629. The number of nitrogens with zero attached hydrogens (tertiary/aromatic N) is 5. The second kappa shape index (κ2) is 10.9. The molecule has 0 spiro atoms. The van der Waals surface area contributed by atoms with Gasteiger partial charge in [0.2, 0.25) is 11.8 Å². The van der Waals surface area contributed by atoms with Crippen molar-refractivity contribution in [3.63, 3.8) is 0 Å².